The van der Waals surface area contributed by atoms with Gasteiger partial charge in [0.25, 0.3) is 0 Å². The first-order chi connectivity index (χ1) is 4.74. The summed E-state index contributed by atoms with van der Waals surface area (Å²) in [6.45, 7) is 0. The predicted octanol–water partition coefficient (Wildman–Crippen LogP) is 2.03. The fraction of sp³-hybridized carbons (Fsp3) is 0. The molecule has 0 fully saturated rings. The second-order valence-corrected chi connectivity index (χ2v) is 3.77. The first-order valence-corrected chi connectivity index (χ1v) is 5.58. The van der Waals surface area contributed by atoms with E-state index in [9.17, 15) is 8.78 Å². The average molecular weight is 254 g/mol. The Morgan fingerprint density at radius 3 is 2.27 bits per heavy atom. The van der Waals surface area contributed by atoms with E-state index in [0.717, 1.165) is 15.8 Å². The van der Waals surface area contributed by atoms with Crippen molar-refractivity contribution >= 4 is 49.0 Å². The summed E-state index contributed by atoms with van der Waals surface area (Å²) in [6.07, 6.45) is 0. The van der Waals surface area contributed by atoms with E-state index in [0.29, 0.717) is 0 Å². The van der Waals surface area contributed by atoms with Crippen LogP contribution in [0.4, 0.5) is 8.78 Å². The third kappa shape index (κ3) is 3.23. The lowest BCUT2D eigenvalue weighted by molar-refractivity contribution is 0.509. The molecule has 0 radical (unpaired) electrons. The molecule has 5 heteroatoms. The molecule has 0 atom stereocenters. The van der Waals surface area contributed by atoms with Gasteiger partial charge in [0, 0.05) is 0 Å². The molecule has 0 saturated carbocycles. The topological polar surface area (TPSA) is 0 Å². The van der Waals surface area contributed by atoms with E-state index in [1.54, 1.807) is 0 Å². The normalized spacial score (nSPS) is 8.27. The molecule has 0 aromatic heterocycles. The molecule has 1 rings (SSSR count). The molecule has 0 saturated heterocycles. The van der Waals surface area contributed by atoms with E-state index in [2.05, 4.69) is 0 Å². The van der Waals surface area contributed by atoms with Crippen molar-refractivity contribution in [3.8, 4) is 0 Å². The van der Waals surface area contributed by atoms with Crippen molar-refractivity contribution in [1.29, 1.82) is 0 Å². The number of benzene rings is 1. The van der Waals surface area contributed by atoms with Crippen molar-refractivity contribution in [3.05, 3.63) is 29.8 Å². The fourth-order valence-electron chi connectivity index (χ4n) is 0.623. The van der Waals surface area contributed by atoms with Crippen LogP contribution in [0.5, 0.6) is 0 Å². The number of halogens is 4. The summed E-state index contributed by atoms with van der Waals surface area (Å²) in [5.74, 6) is -1.63. The second kappa shape index (κ2) is 5.30. The fourth-order valence-corrected chi connectivity index (χ4v) is 1.58. The van der Waals surface area contributed by atoms with Crippen LogP contribution in [0, 0.1) is 11.6 Å². The van der Waals surface area contributed by atoms with E-state index in [-0.39, 0.29) is 17.0 Å². The summed E-state index contributed by atoms with van der Waals surface area (Å²) in [6, 6.07) is 3.76. The summed E-state index contributed by atoms with van der Waals surface area (Å²) < 4.78 is 25.3. The Balaban J connectivity index is 0.000001000. The molecule has 0 amide bonds. The molecule has 0 N–H and O–H groups in total. The molecule has 11 heavy (non-hydrogen) atoms. The monoisotopic (exact) mass is 252 g/mol. The van der Waals surface area contributed by atoms with Crippen molar-refractivity contribution in [2.75, 3.05) is 0 Å². The van der Waals surface area contributed by atoms with Gasteiger partial charge in [0.1, 0.15) is 0 Å². The maximum Gasteiger partial charge on any atom is 0.538 e. The van der Waals surface area contributed by atoms with Crippen molar-refractivity contribution in [2.45, 2.75) is 0 Å². The molecule has 0 spiro atoms. The van der Waals surface area contributed by atoms with E-state index >= 15 is 0 Å². The largest absolute Gasteiger partial charge is 0.538 e. The van der Waals surface area contributed by atoms with Crippen LogP contribution in [0.25, 0.3) is 0 Å². The quantitative estimate of drug-likeness (QED) is 0.672. The van der Waals surface area contributed by atoms with Crippen LogP contribution in [0.15, 0.2) is 18.2 Å². The lowest BCUT2D eigenvalue weighted by Crippen LogP contribution is -2.09. The average Bonchev–Trinajstić information content (AvgIpc) is 1.95. The summed E-state index contributed by atoms with van der Waals surface area (Å²) >= 11 is -0.881. The minimum absolute atomic E-state index is 0. The van der Waals surface area contributed by atoms with E-state index in [1.165, 1.54) is 6.07 Å². The highest BCUT2D eigenvalue weighted by Crippen LogP contribution is 2.00. The zero-order valence-electron chi connectivity index (χ0n) is 5.48. The molecular weight excluding hydrogens is 250 g/mol. The van der Waals surface area contributed by atoms with Gasteiger partial charge in [-0.25, -0.2) is 8.78 Å². The van der Waals surface area contributed by atoms with Crippen LogP contribution in [-0.2, 0) is 0 Å². The van der Waals surface area contributed by atoms with Crippen LogP contribution in [-0.4, -0.2) is 19.3 Å². The maximum atomic E-state index is 12.4. The van der Waals surface area contributed by atoms with Crippen molar-refractivity contribution in [3.63, 3.8) is 0 Å². The van der Waals surface area contributed by atoms with Crippen LogP contribution in [0.1, 0.15) is 0 Å². The van der Waals surface area contributed by atoms with Crippen LogP contribution < -0.4 is 3.69 Å². The number of hydrogen-bond acceptors (Lipinski definition) is 0. The summed E-state index contributed by atoms with van der Waals surface area (Å²) in [5, 5.41) is 0. The molecule has 0 aliphatic carbocycles. The summed E-state index contributed by atoms with van der Waals surface area (Å²) in [4.78, 5) is 0. The molecule has 0 aliphatic rings. The molecule has 0 unspecified atom stereocenters. The lowest BCUT2D eigenvalue weighted by atomic mass is 10.3. The first kappa shape index (κ1) is 11.6. The minimum Gasteiger partial charge on any atom is -0.336 e. The van der Waals surface area contributed by atoms with Gasteiger partial charge in [0.2, 0.25) is 0 Å². The molecule has 58 valence electrons. The maximum absolute atomic E-state index is 12.4. The molecular formula is C6H4BrClF2Mg. The standard InChI is InChI=1S/C6H3F2.BrH.ClH.Mg/c7-5-3-1-2-4-6(5)8;;;/h1,3-4H;2*1H;/q;;;+1/p-1. The van der Waals surface area contributed by atoms with Gasteiger partial charge in [0.15, 0.2) is 11.6 Å². The summed E-state index contributed by atoms with van der Waals surface area (Å²) in [5.41, 5.74) is 0. The van der Waals surface area contributed by atoms with E-state index < -0.39 is 30.9 Å². The van der Waals surface area contributed by atoms with Gasteiger partial charge in [-0.3, -0.25) is 0 Å². The Morgan fingerprint density at radius 2 is 1.82 bits per heavy atom. The van der Waals surface area contributed by atoms with Gasteiger partial charge < -0.3 is 9.07 Å². The third-order valence-electron chi connectivity index (χ3n) is 1.14. The number of hydrogen-bond donors (Lipinski definition) is 0. The summed E-state index contributed by atoms with van der Waals surface area (Å²) in [7, 11) is 5.50. The van der Waals surface area contributed by atoms with Crippen molar-refractivity contribution in [2.24, 2.45) is 0 Å². The highest BCUT2D eigenvalue weighted by atomic mass is 79.9. The Bertz CT molecular complexity index is 244. The second-order valence-electron chi connectivity index (χ2n) is 1.88. The van der Waals surface area contributed by atoms with E-state index in [4.69, 9.17) is 9.07 Å². The predicted molar refractivity (Wildman–Crippen MR) is 47.9 cm³/mol. The van der Waals surface area contributed by atoms with Gasteiger partial charge in [0.05, 0.1) is 0 Å². The Morgan fingerprint density at radius 1 is 1.18 bits per heavy atom. The zero-order valence-corrected chi connectivity index (χ0v) is 9.36. The molecule has 0 nitrogen and oxygen atoms in total. The van der Waals surface area contributed by atoms with Gasteiger partial charge >= 0.3 is 19.3 Å². The van der Waals surface area contributed by atoms with Gasteiger partial charge in [-0.1, -0.05) is 6.07 Å². The van der Waals surface area contributed by atoms with Gasteiger partial charge in [-0.15, -0.1) is 20.7 Å². The molecule has 1 aromatic rings. The Kier molecular flexibility index (Phi) is 5.59. The molecule has 0 bridgehead atoms. The Hall–Kier alpha value is 0.616. The van der Waals surface area contributed by atoms with Crippen LogP contribution in [0.2, 0.25) is 0 Å². The van der Waals surface area contributed by atoms with Gasteiger partial charge in [-0.05, 0) is 12.1 Å². The first-order valence-electron chi connectivity index (χ1n) is 2.74. The van der Waals surface area contributed by atoms with Crippen molar-refractivity contribution in [1.82, 2.24) is 0 Å². The third-order valence-corrected chi connectivity index (χ3v) is 2.81. The molecule has 0 heterocycles. The molecule has 0 aliphatic heterocycles. The highest BCUT2D eigenvalue weighted by molar-refractivity contribution is 8.93. The van der Waals surface area contributed by atoms with Crippen LogP contribution in [0.3, 0.4) is 0 Å². The molecule has 1 aromatic carbocycles. The van der Waals surface area contributed by atoms with Crippen LogP contribution >= 0.6 is 26.1 Å². The number of rotatable bonds is 1. The van der Waals surface area contributed by atoms with Crippen molar-refractivity contribution < 1.29 is 8.78 Å². The Labute approximate surface area is 87.2 Å². The SMILES string of the molecule is Br.Fc1cc[c]([Mg][Cl])cc1F. The van der Waals surface area contributed by atoms with E-state index in [1.807, 2.05) is 0 Å². The lowest BCUT2D eigenvalue weighted by Gasteiger charge is -1.94. The smallest absolute Gasteiger partial charge is 0.336 e. The van der Waals surface area contributed by atoms with Gasteiger partial charge in [-0.2, -0.15) is 0 Å². The highest BCUT2D eigenvalue weighted by Gasteiger charge is 2.02. The minimum atomic E-state index is -0.881. The zero-order chi connectivity index (χ0) is 7.56.